The predicted octanol–water partition coefficient (Wildman–Crippen LogP) is 4.22. The van der Waals surface area contributed by atoms with E-state index in [9.17, 15) is 4.79 Å². The topological polar surface area (TPSA) is 26.3 Å². The van der Waals surface area contributed by atoms with Crippen molar-refractivity contribution in [1.82, 2.24) is 0 Å². The largest absolute Gasteiger partial charge is 0.492 e. The van der Waals surface area contributed by atoms with Gasteiger partial charge in [-0.2, -0.15) is 0 Å². The second-order valence-corrected chi connectivity index (χ2v) is 5.25. The van der Waals surface area contributed by atoms with Gasteiger partial charge in [0.25, 0.3) is 0 Å². The van der Waals surface area contributed by atoms with Gasteiger partial charge >= 0.3 is 0 Å². The Kier molecular flexibility index (Phi) is 6.29. The fraction of sp³-hybridized carbons (Fsp3) is 0.278. The standard InChI is InChI=1S/C18H19ClO2/c19-12-13-21-18-10-7-15(8-11-18)6-9-17(14-20)16-4-2-1-3-5-16/h1-5,7-8,10-11,14,17H,6,9,12-13H2. The highest BCUT2D eigenvalue weighted by Crippen LogP contribution is 2.21. The Labute approximate surface area is 130 Å². The normalized spacial score (nSPS) is 11.9. The Morgan fingerprint density at radius 1 is 1.05 bits per heavy atom. The van der Waals surface area contributed by atoms with Gasteiger partial charge in [-0.05, 0) is 36.1 Å². The van der Waals surface area contributed by atoms with Crippen LogP contribution in [0.1, 0.15) is 23.5 Å². The van der Waals surface area contributed by atoms with Gasteiger partial charge in [0, 0.05) is 5.92 Å². The highest BCUT2D eigenvalue weighted by atomic mass is 35.5. The molecule has 0 aliphatic heterocycles. The molecule has 2 aromatic carbocycles. The van der Waals surface area contributed by atoms with Gasteiger partial charge in [-0.25, -0.2) is 0 Å². The lowest BCUT2D eigenvalue weighted by Crippen LogP contribution is -2.02. The number of hydrogen-bond acceptors (Lipinski definition) is 2. The van der Waals surface area contributed by atoms with Crippen molar-refractivity contribution in [3.8, 4) is 5.75 Å². The van der Waals surface area contributed by atoms with Crippen LogP contribution in [0, 0.1) is 0 Å². The van der Waals surface area contributed by atoms with Crippen LogP contribution in [0.5, 0.6) is 5.75 Å². The van der Waals surface area contributed by atoms with E-state index in [1.165, 1.54) is 5.56 Å². The molecular weight excluding hydrogens is 284 g/mol. The first-order valence-electron chi connectivity index (χ1n) is 7.11. The van der Waals surface area contributed by atoms with Crippen LogP contribution in [0.2, 0.25) is 0 Å². The molecule has 0 saturated carbocycles. The van der Waals surface area contributed by atoms with Crippen LogP contribution in [-0.2, 0) is 11.2 Å². The molecule has 21 heavy (non-hydrogen) atoms. The van der Waals surface area contributed by atoms with Gasteiger partial charge in [-0.3, -0.25) is 0 Å². The lowest BCUT2D eigenvalue weighted by Gasteiger charge is -2.11. The average molecular weight is 303 g/mol. The van der Waals surface area contributed by atoms with Crippen LogP contribution in [-0.4, -0.2) is 18.8 Å². The summed E-state index contributed by atoms with van der Waals surface area (Å²) in [6.45, 7) is 0.516. The number of hydrogen-bond donors (Lipinski definition) is 0. The Morgan fingerprint density at radius 3 is 2.38 bits per heavy atom. The van der Waals surface area contributed by atoms with E-state index in [1.54, 1.807) is 0 Å². The zero-order valence-corrected chi connectivity index (χ0v) is 12.6. The molecule has 0 saturated heterocycles. The number of rotatable bonds is 8. The van der Waals surface area contributed by atoms with E-state index in [4.69, 9.17) is 16.3 Å². The van der Waals surface area contributed by atoms with Crippen molar-refractivity contribution in [1.29, 1.82) is 0 Å². The molecule has 0 N–H and O–H groups in total. The van der Waals surface area contributed by atoms with E-state index in [-0.39, 0.29) is 5.92 Å². The number of carbonyl (C=O) groups is 1. The molecule has 110 valence electrons. The summed E-state index contributed by atoms with van der Waals surface area (Å²) >= 11 is 5.58. The molecule has 0 spiro atoms. The summed E-state index contributed by atoms with van der Waals surface area (Å²) in [5.41, 5.74) is 2.28. The molecule has 0 radical (unpaired) electrons. The fourth-order valence-corrected chi connectivity index (χ4v) is 2.32. The molecule has 2 aromatic rings. The lowest BCUT2D eigenvalue weighted by molar-refractivity contribution is -0.109. The SMILES string of the molecule is O=CC(CCc1ccc(OCCCl)cc1)c1ccccc1. The maximum Gasteiger partial charge on any atom is 0.127 e. The number of ether oxygens (including phenoxy) is 1. The molecule has 0 aromatic heterocycles. The number of benzene rings is 2. The number of aryl methyl sites for hydroxylation is 1. The summed E-state index contributed by atoms with van der Waals surface area (Å²) < 4.78 is 5.44. The molecule has 0 amide bonds. The predicted molar refractivity (Wildman–Crippen MR) is 86.2 cm³/mol. The first kappa shape index (κ1) is 15.6. The van der Waals surface area contributed by atoms with Crippen LogP contribution < -0.4 is 4.74 Å². The maximum absolute atomic E-state index is 11.3. The van der Waals surface area contributed by atoms with Crippen molar-refractivity contribution in [3.05, 3.63) is 65.7 Å². The van der Waals surface area contributed by atoms with E-state index in [2.05, 4.69) is 0 Å². The van der Waals surface area contributed by atoms with Crippen molar-refractivity contribution in [2.45, 2.75) is 18.8 Å². The van der Waals surface area contributed by atoms with E-state index in [0.29, 0.717) is 12.5 Å². The van der Waals surface area contributed by atoms with Crippen LogP contribution >= 0.6 is 11.6 Å². The Bertz CT molecular complexity index is 537. The Balaban J connectivity index is 1.91. The van der Waals surface area contributed by atoms with Gasteiger partial charge in [0.2, 0.25) is 0 Å². The van der Waals surface area contributed by atoms with Gasteiger partial charge in [-0.1, -0.05) is 42.5 Å². The third kappa shape index (κ3) is 4.91. The van der Waals surface area contributed by atoms with Crippen molar-refractivity contribution >= 4 is 17.9 Å². The van der Waals surface area contributed by atoms with Crippen LogP contribution in [0.3, 0.4) is 0 Å². The number of carbonyl (C=O) groups excluding carboxylic acids is 1. The third-order valence-corrected chi connectivity index (χ3v) is 3.56. The molecule has 0 aliphatic carbocycles. The number of aldehydes is 1. The minimum atomic E-state index is -0.0432. The molecule has 0 fully saturated rings. The van der Waals surface area contributed by atoms with Crippen molar-refractivity contribution in [2.24, 2.45) is 0 Å². The van der Waals surface area contributed by atoms with Crippen molar-refractivity contribution in [3.63, 3.8) is 0 Å². The maximum atomic E-state index is 11.3. The zero-order valence-electron chi connectivity index (χ0n) is 11.9. The third-order valence-electron chi connectivity index (χ3n) is 3.41. The van der Waals surface area contributed by atoms with Gasteiger partial charge in [0.1, 0.15) is 18.6 Å². The Hall–Kier alpha value is -1.80. The highest BCUT2D eigenvalue weighted by Gasteiger charge is 2.10. The average Bonchev–Trinajstić information content (AvgIpc) is 2.55. The summed E-state index contributed by atoms with van der Waals surface area (Å²) in [6, 6.07) is 17.9. The van der Waals surface area contributed by atoms with Gasteiger partial charge in [0.15, 0.2) is 0 Å². The lowest BCUT2D eigenvalue weighted by atomic mass is 9.94. The molecule has 2 nitrogen and oxygen atoms in total. The van der Waals surface area contributed by atoms with Gasteiger partial charge in [-0.15, -0.1) is 11.6 Å². The van der Waals surface area contributed by atoms with E-state index >= 15 is 0 Å². The minimum absolute atomic E-state index is 0.0432. The van der Waals surface area contributed by atoms with E-state index in [0.717, 1.165) is 30.4 Å². The van der Waals surface area contributed by atoms with Crippen molar-refractivity contribution < 1.29 is 9.53 Å². The molecule has 3 heteroatoms. The summed E-state index contributed by atoms with van der Waals surface area (Å²) in [7, 11) is 0. The van der Waals surface area contributed by atoms with Crippen molar-refractivity contribution in [2.75, 3.05) is 12.5 Å². The van der Waals surface area contributed by atoms with Crippen LogP contribution in [0.25, 0.3) is 0 Å². The summed E-state index contributed by atoms with van der Waals surface area (Å²) in [4.78, 5) is 11.3. The first-order valence-corrected chi connectivity index (χ1v) is 7.65. The summed E-state index contributed by atoms with van der Waals surface area (Å²) in [6.07, 6.45) is 2.72. The minimum Gasteiger partial charge on any atom is -0.492 e. The van der Waals surface area contributed by atoms with E-state index < -0.39 is 0 Å². The van der Waals surface area contributed by atoms with Gasteiger partial charge < -0.3 is 9.53 Å². The van der Waals surface area contributed by atoms with Crippen LogP contribution in [0.4, 0.5) is 0 Å². The first-order chi connectivity index (χ1) is 10.3. The fourth-order valence-electron chi connectivity index (χ4n) is 2.24. The second kappa shape index (κ2) is 8.48. The monoisotopic (exact) mass is 302 g/mol. The number of alkyl halides is 1. The highest BCUT2D eigenvalue weighted by molar-refractivity contribution is 6.18. The van der Waals surface area contributed by atoms with Gasteiger partial charge in [0.05, 0.1) is 5.88 Å². The zero-order chi connectivity index (χ0) is 14.9. The molecule has 0 bridgehead atoms. The number of halogens is 1. The molecule has 0 aliphatic rings. The molecule has 1 unspecified atom stereocenters. The molecular formula is C18H19ClO2. The summed E-state index contributed by atoms with van der Waals surface area (Å²) in [5.74, 6) is 1.27. The smallest absolute Gasteiger partial charge is 0.127 e. The molecule has 1 atom stereocenters. The van der Waals surface area contributed by atoms with E-state index in [1.807, 2.05) is 54.6 Å². The summed E-state index contributed by atoms with van der Waals surface area (Å²) in [5, 5.41) is 0. The van der Waals surface area contributed by atoms with Crippen LogP contribution in [0.15, 0.2) is 54.6 Å². The molecule has 2 rings (SSSR count). The molecule has 0 heterocycles. The Morgan fingerprint density at radius 2 is 1.76 bits per heavy atom. The second-order valence-electron chi connectivity index (χ2n) is 4.87. The quantitative estimate of drug-likeness (QED) is 0.539.